The molecular formula is C25H27F2N5O3. The Labute approximate surface area is 202 Å². The van der Waals surface area contributed by atoms with Crippen LogP contribution >= 0.6 is 0 Å². The highest BCUT2D eigenvalue weighted by Crippen LogP contribution is 2.38. The Bertz CT molecular complexity index is 1220. The summed E-state index contributed by atoms with van der Waals surface area (Å²) in [6, 6.07) is 9.62. The molecule has 0 aliphatic carbocycles. The van der Waals surface area contributed by atoms with Crippen molar-refractivity contribution in [1.82, 2.24) is 15.0 Å². The summed E-state index contributed by atoms with van der Waals surface area (Å²) in [4.78, 5) is 26.6. The number of carbonyl (C=O) groups excluding carboxylic acids is 1. The largest absolute Gasteiger partial charge is 0.467 e. The van der Waals surface area contributed by atoms with E-state index in [0.717, 1.165) is 11.1 Å². The van der Waals surface area contributed by atoms with Gasteiger partial charge in [-0.1, -0.05) is 24.3 Å². The fourth-order valence-electron chi connectivity index (χ4n) is 4.19. The molecule has 0 radical (unpaired) electrons. The Morgan fingerprint density at radius 3 is 2.69 bits per heavy atom. The van der Waals surface area contributed by atoms with Crippen LogP contribution in [0.1, 0.15) is 35.0 Å². The number of alkyl halides is 2. The Balaban J connectivity index is 1.64. The van der Waals surface area contributed by atoms with Crippen LogP contribution in [-0.2, 0) is 17.6 Å². The molecule has 184 valence electrons. The molecule has 0 atom stereocenters. The third kappa shape index (κ3) is 5.31. The summed E-state index contributed by atoms with van der Waals surface area (Å²) in [7, 11) is 1.46. The number of carbonyl (C=O) groups is 1. The molecule has 8 nitrogen and oxygen atoms in total. The molecule has 3 heterocycles. The maximum absolute atomic E-state index is 13.8. The first-order valence-corrected chi connectivity index (χ1v) is 11.4. The lowest BCUT2D eigenvalue weighted by molar-refractivity contribution is 0.0256. The second-order valence-electron chi connectivity index (χ2n) is 8.22. The number of nitrogens with two attached hydrogens (primary N) is 1. The molecule has 0 spiro atoms. The van der Waals surface area contributed by atoms with E-state index in [-0.39, 0.29) is 31.1 Å². The average molecular weight is 484 g/mol. The quantitative estimate of drug-likeness (QED) is 0.481. The number of pyridine rings is 1. The number of ether oxygens (including phenoxy) is 2. The van der Waals surface area contributed by atoms with Gasteiger partial charge in [0.05, 0.1) is 37.2 Å². The highest BCUT2D eigenvalue weighted by atomic mass is 19.3. The van der Waals surface area contributed by atoms with Crippen molar-refractivity contribution in [2.45, 2.75) is 32.1 Å². The van der Waals surface area contributed by atoms with E-state index in [9.17, 15) is 13.6 Å². The van der Waals surface area contributed by atoms with Crippen molar-refractivity contribution >= 4 is 17.5 Å². The van der Waals surface area contributed by atoms with Crippen molar-refractivity contribution in [1.29, 1.82) is 0 Å². The van der Waals surface area contributed by atoms with Crippen molar-refractivity contribution in [3.8, 4) is 17.1 Å². The molecule has 1 aromatic carbocycles. The van der Waals surface area contributed by atoms with E-state index in [1.807, 2.05) is 24.3 Å². The lowest BCUT2D eigenvalue weighted by Crippen LogP contribution is -2.26. The van der Waals surface area contributed by atoms with Crippen molar-refractivity contribution < 1.29 is 23.0 Å². The van der Waals surface area contributed by atoms with Gasteiger partial charge in [0.1, 0.15) is 0 Å². The molecule has 1 saturated heterocycles. The predicted molar refractivity (Wildman–Crippen MR) is 128 cm³/mol. The standard InChI is InChI=1S/C25H27F2N5O3/c1-3-35-23(33)19-14-30-24(34-2)31-20(19)9-8-16-6-4-5-7-17(16)18-10-12-29-22(21(18)28)32-13-11-25(26,27)15-32/h4-7,10,12,14H,3,8-9,11,13,15,28H2,1-2H3. The highest BCUT2D eigenvalue weighted by Gasteiger charge is 2.39. The molecular weight excluding hydrogens is 456 g/mol. The third-order valence-electron chi connectivity index (χ3n) is 5.90. The molecule has 1 aliphatic heterocycles. The van der Waals surface area contributed by atoms with E-state index in [1.54, 1.807) is 19.2 Å². The van der Waals surface area contributed by atoms with Gasteiger partial charge in [0.15, 0.2) is 5.82 Å². The Hall–Kier alpha value is -3.82. The van der Waals surface area contributed by atoms with Gasteiger partial charge in [0.25, 0.3) is 5.92 Å². The Morgan fingerprint density at radius 1 is 1.17 bits per heavy atom. The summed E-state index contributed by atoms with van der Waals surface area (Å²) in [5, 5.41) is 0. The molecule has 1 fully saturated rings. The molecule has 4 rings (SSSR count). The molecule has 0 saturated carbocycles. The molecule has 2 N–H and O–H groups in total. The van der Waals surface area contributed by atoms with Gasteiger partial charge in [-0.25, -0.2) is 23.5 Å². The van der Waals surface area contributed by atoms with Crippen molar-refractivity contribution in [2.24, 2.45) is 0 Å². The predicted octanol–water partition coefficient (Wildman–Crippen LogP) is 3.94. The first-order chi connectivity index (χ1) is 16.8. The van der Waals surface area contributed by atoms with Gasteiger partial charge in [-0.3, -0.25) is 0 Å². The number of halogens is 2. The second kappa shape index (κ2) is 10.2. The summed E-state index contributed by atoms with van der Waals surface area (Å²) in [5.41, 5.74) is 10.1. The van der Waals surface area contributed by atoms with E-state index in [1.165, 1.54) is 18.2 Å². The zero-order valence-corrected chi connectivity index (χ0v) is 19.6. The van der Waals surface area contributed by atoms with Crippen LogP contribution in [0.2, 0.25) is 0 Å². The van der Waals surface area contributed by atoms with Gasteiger partial charge >= 0.3 is 12.0 Å². The number of anilines is 2. The third-order valence-corrected chi connectivity index (χ3v) is 5.90. The van der Waals surface area contributed by atoms with Crippen LogP contribution in [0.25, 0.3) is 11.1 Å². The monoisotopic (exact) mass is 483 g/mol. The maximum Gasteiger partial charge on any atom is 0.341 e. The molecule has 2 aromatic heterocycles. The second-order valence-corrected chi connectivity index (χ2v) is 8.22. The number of aryl methyl sites for hydroxylation is 2. The minimum absolute atomic E-state index is 0.159. The molecule has 0 amide bonds. The summed E-state index contributed by atoms with van der Waals surface area (Å²) in [5.74, 6) is -2.89. The fourth-order valence-corrected chi connectivity index (χ4v) is 4.19. The van der Waals surface area contributed by atoms with E-state index >= 15 is 0 Å². The van der Waals surface area contributed by atoms with Crippen LogP contribution in [0.4, 0.5) is 20.3 Å². The van der Waals surface area contributed by atoms with Crippen LogP contribution in [0, 0.1) is 0 Å². The van der Waals surface area contributed by atoms with E-state index < -0.39 is 18.4 Å². The smallest absolute Gasteiger partial charge is 0.341 e. The van der Waals surface area contributed by atoms with Gasteiger partial charge in [-0.2, -0.15) is 4.98 Å². The number of hydrogen-bond donors (Lipinski definition) is 1. The zero-order chi connectivity index (χ0) is 25.0. The normalized spacial score (nSPS) is 14.7. The minimum Gasteiger partial charge on any atom is -0.467 e. The minimum atomic E-state index is -2.75. The van der Waals surface area contributed by atoms with Crippen molar-refractivity contribution in [3.63, 3.8) is 0 Å². The number of hydrogen-bond acceptors (Lipinski definition) is 8. The number of nitrogen functional groups attached to an aromatic ring is 1. The number of esters is 1. The Morgan fingerprint density at radius 2 is 1.97 bits per heavy atom. The zero-order valence-electron chi connectivity index (χ0n) is 19.6. The molecule has 10 heteroatoms. The van der Waals surface area contributed by atoms with Gasteiger partial charge in [0, 0.05) is 30.9 Å². The van der Waals surface area contributed by atoms with E-state index in [2.05, 4.69) is 15.0 Å². The summed E-state index contributed by atoms with van der Waals surface area (Å²) in [6.07, 6.45) is 3.72. The first-order valence-electron chi connectivity index (χ1n) is 11.4. The van der Waals surface area contributed by atoms with Crippen LogP contribution in [0.15, 0.2) is 42.7 Å². The van der Waals surface area contributed by atoms with Crippen LogP contribution in [0.5, 0.6) is 6.01 Å². The number of aromatic nitrogens is 3. The summed E-state index contributed by atoms with van der Waals surface area (Å²) in [6.45, 7) is 1.76. The lowest BCUT2D eigenvalue weighted by atomic mass is 9.95. The maximum atomic E-state index is 13.8. The number of nitrogens with zero attached hydrogens (tertiary/aromatic N) is 4. The molecule has 35 heavy (non-hydrogen) atoms. The summed E-state index contributed by atoms with van der Waals surface area (Å²) >= 11 is 0. The number of benzene rings is 1. The molecule has 1 aliphatic rings. The first kappa shape index (κ1) is 24.3. The van der Waals surface area contributed by atoms with E-state index in [0.29, 0.717) is 35.6 Å². The lowest BCUT2D eigenvalue weighted by Gasteiger charge is -2.21. The van der Waals surface area contributed by atoms with Crippen LogP contribution in [0.3, 0.4) is 0 Å². The van der Waals surface area contributed by atoms with E-state index in [4.69, 9.17) is 15.2 Å². The Kier molecular flexibility index (Phi) is 7.09. The summed E-state index contributed by atoms with van der Waals surface area (Å²) < 4.78 is 37.9. The van der Waals surface area contributed by atoms with Crippen molar-refractivity contribution in [3.05, 3.63) is 59.5 Å². The van der Waals surface area contributed by atoms with Crippen LogP contribution < -0.4 is 15.4 Å². The molecule has 0 unspecified atom stereocenters. The van der Waals surface area contributed by atoms with Gasteiger partial charge in [-0.05, 0) is 37.0 Å². The highest BCUT2D eigenvalue weighted by molar-refractivity contribution is 5.90. The van der Waals surface area contributed by atoms with Crippen LogP contribution in [-0.4, -0.2) is 53.6 Å². The number of rotatable bonds is 8. The number of methoxy groups -OCH3 is 1. The average Bonchev–Trinajstić information content (AvgIpc) is 3.22. The van der Waals surface area contributed by atoms with Crippen molar-refractivity contribution in [2.75, 3.05) is 37.4 Å². The molecule has 3 aromatic rings. The molecule has 0 bridgehead atoms. The fraction of sp³-hybridized carbons (Fsp3) is 0.360. The van der Waals surface area contributed by atoms with Gasteiger partial charge in [0.2, 0.25) is 0 Å². The SMILES string of the molecule is CCOC(=O)c1cnc(OC)nc1CCc1ccccc1-c1ccnc(N2CCC(F)(F)C2)c1N. The van der Waals surface area contributed by atoms with Gasteiger partial charge < -0.3 is 20.1 Å². The topological polar surface area (TPSA) is 103 Å². The van der Waals surface area contributed by atoms with Gasteiger partial charge in [-0.15, -0.1) is 0 Å².